The number of benzene rings is 1. The highest BCUT2D eigenvalue weighted by atomic mass is 35.5. The molecule has 1 atom stereocenters. The molecule has 1 aliphatic heterocycles. The maximum absolute atomic E-state index is 12.6. The second kappa shape index (κ2) is 9.43. The molecular weight excluding hydrogens is 379 g/mol. The topological polar surface area (TPSA) is 41.6 Å². The molecule has 136 valence electrons. The lowest BCUT2D eigenvalue weighted by atomic mass is 10.1. The molecule has 1 aromatic carbocycles. The zero-order valence-electron chi connectivity index (χ0n) is 14.0. The van der Waals surface area contributed by atoms with Gasteiger partial charge in [0.2, 0.25) is 0 Å². The van der Waals surface area contributed by atoms with Crippen LogP contribution in [0.3, 0.4) is 0 Å². The predicted molar refractivity (Wildman–Crippen MR) is 105 cm³/mol. The summed E-state index contributed by atoms with van der Waals surface area (Å²) in [6, 6.07) is 7.43. The lowest BCUT2D eigenvalue weighted by Crippen LogP contribution is -2.36. The van der Waals surface area contributed by atoms with Crippen LogP contribution in [0.15, 0.2) is 35.0 Å². The van der Waals surface area contributed by atoms with Gasteiger partial charge in [-0.2, -0.15) is 11.3 Å². The molecule has 0 saturated carbocycles. The van der Waals surface area contributed by atoms with E-state index in [2.05, 4.69) is 27.0 Å². The number of nitrogens with one attached hydrogen (secondary N) is 1. The van der Waals surface area contributed by atoms with Crippen molar-refractivity contribution in [1.29, 1.82) is 0 Å². The van der Waals surface area contributed by atoms with E-state index in [0.29, 0.717) is 22.9 Å². The van der Waals surface area contributed by atoms with Crippen LogP contribution in [-0.2, 0) is 0 Å². The Labute approximate surface area is 163 Å². The number of hydrogen-bond acceptors (Lipinski definition) is 4. The standard InChI is InChI=1S/C18H21ClN2O2S.ClH/c1-23-17-5-4-14(19)10-15(17)18(22)20-11-16(13-6-9-24-12-13)21-7-2-3-8-21;/h4-6,9-10,12,16H,2-3,7-8,11H2,1H3,(H,20,22);1H. The van der Waals surface area contributed by atoms with Crippen molar-refractivity contribution in [2.24, 2.45) is 0 Å². The second-order valence-corrected chi connectivity index (χ2v) is 7.09. The Balaban J connectivity index is 0.00000225. The molecule has 0 bridgehead atoms. The van der Waals surface area contributed by atoms with E-state index >= 15 is 0 Å². The Morgan fingerprint density at radius 2 is 2.12 bits per heavy atom. The third-order valence-electron chi connectivity index (χ3n) is 4.37. The first-order chi connectivity index (χ1) is 11.7. The van der Waals surface area contributed by atoms with E-state index in [4.69, 9.17) is 16.3 Å². The van der Waals surface area contributed by atoms with Gasteiger partial charge in [0.1, 0.15) is 5.75 Å². The molecule has 1 aliphatic rings. The smallest absolute Gasteiger partial charge is 0.255 e. The number of amides is 1. The Morgan fingerprint density at radius 1 is 1.36 bits per heavy atom. The van der Waals surface area contributed by atoms with E-state index < -0.39 is 0 Å². The molecule has 0 radical (unpaired) electrons. The van der Waals surface area contributed by atoms with E-state index in [1.165, 1.54) is 18.4 Å². The van der Waals surface area contributed by atoms with Crippen molar-refractivity contribution in [3.8, 4) is 5.75 Å². The number of thiophene rings is 1. The van der Waals surface area contributed by atoms with Crippen LogP contribution in [0.4, 0.5) is 0 Å². The van der Waals surface area contributed by atoms with Gasteiger partial charge in [0.05, 0.1) is 18.7 Å². The Morgan fingerprint density at radius 3 is 2.76 bits per heavy atom. The van der Waals surface area contributed by atoms with Gasteiger partial charge in [0.15, 0.2) is 0 Å². The lowest BCUT2D eigenvalue weighted by molar-refractivity contribution is 0.0935. The summed E-state index contributed by atoms with van der Waals surface area (Å²) in [6.07, 6.45) is 2.44. The van der Waals surface area contributed by atoms with Gasteiger partial charge in [-0.25, -0.2) is 0 Å². The van der Waals surface area contributed by atoms with Crippen molar-refractivity contribution >= 4 is 41.3 Å². The van der Waals surface area contributed by atoms with Crippen molar-refractivity contribution in [2.45, 2.75) is 18.9 Å². The second-order valence-electron chi connectivity index (χ2n) is 5.87. The molecule has 1 saturated heterocycles. The first kappa shape index (κ1) is 20.0. The predicted octanol–water partition coefficient (Wildman–Crippen LogP) is 4.40. The molecule has 0 aliphatic carbocycles. The van der Waals surface area contributed by atoms with Crippen LogP contribution in [0.5, 0.6) is 5.75 Å². The monoisotopic (exact) mass is 400 g/mol. The number of rotatable bonds is 6. The van der Waals surface area contributed by atoms with Crippen LogP contribution in [-0.4, -0.2) is 37.6 Å². The quantitative estimate of drug-likeness (QED) is 0.780. The number of nitrogens with zero attached hydrogens (tertiary/aromatic N) is 1. The van der Waals surface area contributed by atoms with Crippen molar-refractivity contribution < 1.29 is 9.53 Å². The maximum atomic E-state index is 12.6. The van der Waals surface area contributed by atoms with E-state index in [0.717, 1.165) is 13.1 Å². The number of hydrogen-bond donors (Lipinski definition) is 1. The summed E-state index contributed by atoms with van der Waals surface area (Å²) >= 11 is 7.71. The fourth-order valence-corrected chi connectivity index (χ4v) is 4.00. The van der Waals surface area contributed by atoms with Crippen molar-refractivity contribution in [3.63, 3.8) is 0 Å². The zero-order chi connectivity index (χ0) is 16.9. The Kier molecular flexibility index (Phi) is 7.56. The van der Waals surface area contributed by atoms with E-state index in [1.807, 2.05) is 0 Å². The highest BCUT2D eigenvalue weighted by Crippen LogP contribution is 2.27. The Bertz CT molecular complexity index is 688. The SMILES string of the molecule is COc1ccc(Cl)cc1C(=O)NCC(c1ccsc1)N1CCCC1.Cl. The fraction of sp³-hybridized carbons (Fsp3) is 0.389. The van der Waals surface area contributed by atoms with Gasteiger partial charge >= 0.3 is 0 Å². The van der Waals surface area contributed by atoms with Crippen LogP contribution in [0.1, 0.15) is 34.8 Å². The molecule has 4 nitrogen and oxygen atoms in total. The molecular formula is C18H22Cl2N2O2S. The summed E-state index contributed by atoms with van der Waals surface area (Å²) in [5.74, 6) is 0.374. The Hall–Kier alpha value is -1.27. The molecule has 1 unspecified atom stereocenters. The molecule has 3 rings (SSSR count). The molecule has 1 amide bonds. The van der Waals surface area contributed by atoms with Gasteiger partial charge < -0.3 is 10.1 Å². The highest BCUT2D eigenvalue weighted by molar-refractivity contribution is 7.07. The normalized spacial score (nSPS) is 15.4. The molecule has 0 spiro atoms. The fourth-order valence-electron chi connectivity index (χ4n) is 3.12. The van der Waals surface area contributed by atoms with Crippen LogP contribution < -0.4 is 10.1 Å². The van der Waals surface area contributed by atoms with Crippen LogP contribution in [0.25, 0.3) is 0 Å². The van der Waals surface area contributed by atoms with Gasteiger partial charge in [-0.3, -0.25) is 9.69 Å². The van der Waals surface area contributed by atoms with Crippen molar-refractivity contribution in [3.05, 3.63) is 51.2 Å². The summed E-state index contributed by atoms with van der Waals surface area (Å²) in [6.45, 7) is 2.74. The minimum absolute atomic E-state index is 0. The van der Waals surface area contributed by atoms with Gasteiger partial charge in [-0.05, 0) is 66.5 Å². The lowest BCUT2D eigenvalue weighted by Gasteiger charge is -2.27. The minimum Gasteiger partial charge on any atom is -0.496 e. The molecule has 2 aromatic rings. The van der Waals surface area contributed by atoms with Crippen molar-refractivity contribution in [2.75, 3.05) is 26.7 Å². The summed E-state index contributed by atoms with van der Waals surface area (Å²) < 4.78 is 5.27. The maximum Gasteiger partial charge on any atom is 0.255 e. The van der Waals surface area contributed by atoms with Crippen LogP contribution in [0.2, 0.25) is 5.02 Å². The van der Waals surface area contributed by atoms with E-state index in [9.17, 15) is 4.79 Å². The molecule has 25 heavy (non-hydrogen) atoms. The number of methoxy groups -OCH3 is 1. The van der Waals surface area contributed by atoms with Gasteiger partial charge in [0, 0.05) is 11.6 Å². The third-order valence-corrected chi connectivity index (χ3v) is 5.31. The summed E-state index contributed by atoms with van der Waals surface area (Å²) in [7, 11) is 1.55. The largest absolute Gasteiger partial charge is 0.496 e. The first-order valence-corrected chi connectivity index (χ1v) is 9.39. The number of carbonyl (C=O) groups excluding carboxylic acids is 1. The zero-order valence-corrected chi connectivity index (χ0v) is 16.4. The van der Waals surface area contributed by atoms with Crippen LogP contribution in [0, 0.1) is 0 Å². The molecule has 7 heteroatoms. The van der Waals surface area contributed by atoms with E-state index in [-0.39, 0.29) is 24.4 Å². The van der Waals surface area contributed by atoms with E-state index in [1.54, 1.807) is 36.6 Å². The van der Waals surface area contributed by atoms with Crippen LogP contribution >= 0.6 is 35.3 Å². The van der Waals surface area contributed by atoms with Gasteiger partial charge in [0.25, 0.3) is 5.91 Å². The summed E-state index contributed by atoms with van der Waals surface area (Å²) in [4.78, 5) is 15.0. The summed E-state index contributed by atoms with van der Waals surface area (Å²) in [5.41, 5.74) is 1.73. The molecule has 2 heterocycles. The molecule has 1 fully saturated rings. The average molecular weight is 401 g/mol. The number of halogens is 2. The average Bonchev–Trinajstić information content (AvgIpc) is 3.29. The number of carbonyl (C=O) groups is 1. The number of ether oxygens (including phenoxy) is 1. The minimum atomic E-state index is -0.159. The van der Waals surface area contributed by atoms with Crippen molar-refractivity contribution in [1.82, 2.24) is 10.2 Å². The number of likely N-dealkylation sites (tertiary alicyclic amines) is 1. The van der Waals surface area contributed by atoms with Gasteiger partial charge in [-0.15, -0.1) is 12.4 Å². The highest BCUT2D eigenvalue weighted by Gasteiger charge is 2.25. The third kappa shape index (κ3) is 4.88. The van der Waals surface area contributed by atoms with Gasteiger partial charge in [-0.1, -0.05) is 11.6 Å². The summed E-state index contributed by atoms with van der Waals surface area (Å²) in [5, 5.41) is 7.82. The first-order valence-electron chi connectivity index (χ1n) is 8.07. The molecule has 1 N–H and O–H groups in total. The molecule has 1 aromatic heterocycles.